The highest BCUT2D eigenvalue weighted by molar-refractivity contribution is 8.00. The average Bonchev–Trinajstić information content (AvgIpc) is 3.23. The van der Waals surface area contributed by atoms with Crippen LogP contribution >= 0.6 is 11.8 Å². The third kappa shape index (κ3) is 5.37. The normalized spacial score (nSPS) is 30.3. The number of ether oxygens (including phenoxy) is 1. The second-order valence-electron chi connectivity index (χ2n) is 12.0. The number of nitrogens with zero attached hydrogens (tertiary/aromatic N) is 1. The first-order chi connectivity index (χ1) is 16.8. The Kier molecular flexibility index (Phi) is 7.38. The molecule has 2 amide bonds. The molecule has 0 aromatic carbocycles. The predicted octanol–water partition coefficient (Wildman–Crippen LogP) is 5.20. The van der Waals surface area contributed by atoms with E-state index in [2.05, 4.69) is 15.8 Å². The number of rotatable bonds is 9. The molecule has 0 radical (unpaired) electrons. The fourth-order valence-corrected chi connectivity index (χ4v) is 8.39. The number of carbonyl (C=O) groups excluding carboxylic acids is 2. The number of amides is 2. The zero-order valence-corrected chi connectivity index (χ0v) is 22.3. The van der Waals surface area contributed by atoms with Crippen LogP contribution in [0, 0.1) is 29.1 Å². The van der Waals surface area contributed by atoms with Crippen molar-refractivity contribution in [1.82, 2.24) is 15.8 Å². The molecular formula is C27H41N3O4S. The molecule has 35 heavy (non-hydrogen) atoms. The van der Waals surface area contributed by atoms with Crippen molar-refractivity contribution >= 4 is 23.6 Å². The molecule has 5 saturated carbocycles. The lowest BCUT2D eigenvalue weighted by Crippen LogP contribution is -2.55. The van der Waals surface area contributed by atoms with Crippen molar-refractivity contribution in [2.45, 2.75) is 101 Å². The fourth-order valence-electron chi connectivity index (χ4n) is 7.05. The Morgan fingerprint density at radius 3 is 2.34 bits per heavy atom. The molecule has 194 valence electrons. The van der Waals surface area contributed by atoms with E-state index in [1.807, 2.05) is 20.8 Å². The highest BCUT2D eigenvalue weighted by Gasteiger charge is 2.49. The van der Waals surface area contributed by atoms with Gasteiger partial charge in [0.1, 0.15) is 11.5 Å². The minimum atomic E-state index is -0.718. The highest BCUT2D eigenvalue weighted by Crippen LogP contribution is 2.54. The van der Waals surface area contributed by atoms with Gasteiger partial charge < -0.3 is 19.9 Å². The molecule has 1 aromatic rings. The Balaban J connectivity index is 1.32. The molecule has 2 N–H and O–H groups in total. The second-order valence-corrected chi connectivity index (χ2v) is 13.3. The molecule has 8 heteroatoms. The molecule has 0 unspecified atom stereocenters. The largest absolute Gasteiger partial charge is 0.474 e. The number of aromatic nitrogens is 1. The van der Waals surface area contributed by atoms with Crippen molar-refractivity contribution in [3.63, 3.8) is 0 Å². The van der Waals surface area contributed by atoms with Crippen LogP contribution in [0.5, 0.6) is 5.88 Å². The average molecular weight is 504 g/mol. The maximum atomic E-state index is 13.5. The van der Waals surface area contributed by atoms with E-state index in [0.29, 0.717) is 34.4 Å². The van der Waals surface area contributed by atoms with E-state index in [-0.39, 0.29) is 30.2 Å². The van der Waals surface area contributed by atoms with Crippen molar-refractivity contribution < 1.29 is 18.8 Å². The van der Waals surface area contributed by atoms with Gasteiger partial charge in [0.05, 0.1) is 5.41 Å². The Labute approximate surface area is 213 Å². The van der Waals surface area contributed by atoms with Gasteiger partial charge in [0.25, 0.3) is 11.8 Å². The van der Waals surface area contributed by atoms with E-state index in [1.54, 1.807) is 11.8 Å². The third-order valence-electron chi connectivity index (χ3n) is 8.71. The standard InChI is InChI=1S/C27H41N3O4S/c1-4-28-26(32)27(2,3)15-33-25-23(35-20-8-6-5-7-9-20)22(34-30-25)24(31)29-21-18-11-16-10-17(13-18)14-19(21)12-16/h16-21H,4-15H2,1-3H3,(H,28,32)(H,29,31). The topological polar surface area (TPSA) is 93.5 Å². The van der Waals surface area contributed by atoms with Gasteiger partial charge >= 0.3 is 0 Å². The summed E-state index contributed by atoms with van der Waals surface area (Å²) < 4.78 is 11.7. The van der Waals surface area contributed by atoms with Crippen molar-refractivity contribution in [2.75, 3.05) is 13.2 Å². The molecule has 5 aliphatic carbocycles. The molecule has 0 spiro atoms. The monoisotopic (exact) mass is 503 g/mol. The molecule has 5 aliphatic rings. The maximum absolute atomic E-state index is 13.5. The lowest BCUT2D eigenvalue weighted by atomic mass is 9.54. The summed E-state index contributed by atoms with van der Waals surface area (Å²) in [4.78, 5) is 26.7. The minimum Gasteiger partial charge on any atom is -0.474 e. The van der Waals surface area contributed by atoms with E-state index in [1.165, 1.54) is 51.4 Å². The van der Waals surface area contributed by atoms with Crippen molar-refractivity contribution in [3.05, 3.63) is 5.76 Å². The smallest absolute Gasteiger partial charge is 0.291 e. The summed E-state index contributed by atoms with van der Waals surface area (Å²) in [5, 5.41) is 10.8. The fraction of sp³-hybridized carbons (Fsp3) is 0.815. The molecule has 0 atom stereocenters. The summed E-state index contributed by atoms with van der Waals surface area (Å²) in [7, 11) is 0. The molecule has 0 aliphatic heterocycles. The van der Waals surface area contributed by atoms with E-state index in [4.69, 9.17) is 9.26 Å². The van der Waals surface area contributed by atoms with Gasteiger partial charge in [-0.2, -0.15) is 0 Å². The summed E-state index contributed by atoms with van der Waals surface area (Å²) in [6, 6.07) is 0.244. The quantitative estimate of drug-likeness (QED) is 0.481. The molecule has 0 saturated heterocycles. The summed E-state index contributed by atoms with van der Waals surface area (Å²) in [5.41, 5.74) is -0.718. The van der Waals surface area contributed by atoms with Crippen molar-refractivity contribution in [3.8, 4) is 5.88 Å². The molecule has 7 nitrogen and oxygen atoms in total. The Bertz CT molecular complexity index is 896. The van der Waals surface area contributed by atoms with Crippen LogP contribution in [0.1, 0.15) is 95.5 Å². The Morgan fingerprint density at radius 2 is 1.71 bits per heavy atom. The van der Waals surface area contributed by atoms with Gasteiger partial charge in [-0.15, -0.1) is 11.8 Å². The van der Waals surface area contributed by atoms with Crippen LogP contribution < -0.4 is 15.4 Å². The zero-order chi connectivity index (χ0) is 24.6. The van der Waals surface area contributed by atoms with Crippen molar-refractivity contribution in [2.24, 2.45) is 29.1 Å². The van der Waals surface area contributed by atoms with Crippen LogP contribution in [0.2, 0.25) is 0 Å². The first-order valence-corrected chi connectivity index (χ1v) is 14.6. The lowest BCUT2D eigenvalue weighted by Gasteiger charge is -2.54. The first-order valence-electron chi connectivity index (χ1n) is 13.7. The zero-order valence-electron chi connectivity index (χ0n) is 21.4. The van der Waals surface area contributed by atoms with Gasteiger partial charge in [-0.1, -0.05) is 19.3 Å². The number of hydrogen-bond acceptors (Lipinski definition) is 6. The molecule has 4 bridgehead atoms. The molecular weight excluding hydrogens is 462 g/mol. The summed E-state index contributed by atoms with van der Waals surface area (Å²) >= 11 is 1.67. The van der Waals surface area contributed by atoms with Crippen LogP contribution in [-0.2, 0) is 4.79 Å². The van der Waals surface area contributed by atoms with E-state index < -0.39 is 5.41 Å². The van der Waals surface area contributed by atoms with Crippen LogP contribution in [0.15, 0.2) is 9.42 Å². The van der Waals surface area contributed by atoms with Crippen LogP contribution in [0.3, 0.4) is 0 Å². The first kappa shape index (κ1) is 25.0. The van der Waals surface area contributed by atoms with Gasteiger partial charge in [0.2, 0.25) is 11.7 Å². The maximum Gasteiger partial charge on any atom is 0.291 e. The molecule has 6 rings (SSSR count). The SMILES string of the molecule is CCNC(=O)C(C)(C)COc1noc(C(=O)NC2C3CC4CC(C3)CC2C4)c1SC1CCCCC1. The van der Waals surface area contributed by atoms with Crippen LogP contribution in [0.4, 0.5) is 0 Å². The van der Waals surface area contributed by atoms with Crippen LogP contribution in [0.25, 0.3) is 0 Å². The molecule has 5 fully saturated rings. The minimum absolute atomic E-state index is 0.0650. The summed E-state index contributed by atoms with van der Waals surface area (Å²) in [6.07, 6.45) is 12.3. The highest BCUT2D eigenvalue weighted by atomic mass is 32.2. The molecule has 1 heterocycles. The van der Waals surface area contributed by atoms with Crippen molar-refractivity contribution in [1.29, 1.82) is 0 Å². The number of carbonyl (C=O) groups is 2. The Hall–Kier alpha value is -1.70. The van der Waals surface area contributed by atoms with Crippen LogP contribution in [-0.4, -0.2) is 41.4 Å². The van der Waals surface area contributed by atoms with E-state index in [0.717, 1.165) is 24.7 Å². The van der Waals surface area contributed by atoms with E-state index >= 15 is 0 Å². The van der Waals surface area contributed by atoms with Gasteiger partial charge in [0, 0.05) is 17.8 Å². The summed E-state index contributed by atoms with van der Waals surface area (Å²) in [6.45, 7) is 6.35. The predicted molar refractivity (Wildman–Crippen MR) is 135 cm³/mol. The van der Waals surface area contributed by atoms with Gasteiger partial charge in [-0.25, -0.2) is 0 Å². The van der Waals surface area contributed by atoms with Gasteiger partial charge in [-0.3, -0.25) is 9.59 Å². The lowest BCUT2D eigenvalue weighted by molar-refractivity contribution is -0.130. The number of nitrogens with one attached hydrogen (secondary N) is 2. The number of thioether (sulfide) groups is 1. The van der Waals surface area contributed by atoms with E-state index in [9.17, 15) is 9.59 Å². The van der Waals surface area contributed by atoms with Gasteiger partial charge in [-0.05, 0) is 94.5 Å². The molecule has 1 aromatic heterocycles. The third-order valence-corrected chi connectivity index (χ3v) is 10.1. The second kappa shape index (κ2) is 10.3. The number of hydrogen-bond donors (Lipinski definition) is 2. The summed E-state index contributed by atoms with van der Waals surface area (Å²) in [5.74, 6) is 3.31. The van der Waals surface area contributed by atoms with Gasteiger partial charge in [0.15, 0.2) is 0 Å². The Morgan fingerprint density at radius 1 is 1.06 bits per heavy atom.